The third-order valence-electron chi connectivity index (χ3n) is 4.14. The monoisotopic (exact) mass is 364 g/mol. The number of hydrogen-bond donors (Lipinski definition) is 3. The summed E-state index contributed by atoms with van der Waals surface area (Å²) in [5.74, 6) is 1.37. The number of nitrogens with zero attached hydrogens (tertiary/aromatic N) is 1. The molecule has 25 heavy (non-hydrogen) atoms. The Morgan fingerprint density at radius 1 is 1.16 bits per heavy atom. The highest BCUT2D eigenvalue weighted by Gasteiger charge is 2.40. The number of nitrogens with one attached hydrogen (secondary N) is 1. The quantitative estimate of drug-likeness (QED) is 0.667. The van der Waals surface area contributed by atoms with Crippen LogP contribution in [-0.2, 0) is 0 Å². The predicted molar refractivity (Wildman–Crippen MR) is 102 cm³/mol. The van der Waals surface area contributed by atoms with Gasteiger partial charge in [0.2, 0.25) is 5.44 Å². The van der Waals surface area contributed by atoms with Crippen LogP contribution in [-0.4, -0.2) is 35.2 Å². The van der Waals surface area contributed by atoms with Crippen molar-refractivity contribution in [2.75, 3.05) is 25.0 Å². The number of anilines is 2. The average Bonchev–Trinajstić information content (AvgIpc) is 2.62. The van der Waals surface area contributed by atoms with Crippen molar-refractivity contribution in [2.45, 2.75) is 18.3 Å². The van der Waals surface area contributed by atoms with Crippen LogP contribution in [0.3, 0.4) is 0 Å². The lowest BCUT2D eigenvalue weighted by Gasteiger charge is -2.51. The molecule has 1 atom stereocenters. The molecule has 136 valence electrons. The fourth-order valence-electron chi connectivity index (χ4n) is 2.87. The summed E-state index contributed by atoms with van der Waals surface area (Å²) < 4.78 is 34.7. The smallest absolute Gasteiger partial charge is 0.206 e. The number of rotatable bonds is 6. The van der Waals surface area contributed by atoms with Crippen LogP contribution in [0.15, 0.2) is 48.5 Å². The highest BCUT2D eigenvalue weighted by atomic mass is 32.3. The van der Waals surface area contributed by atoms with Crippen LogP contribution < -0.4 is 19.1 Å². The summed E-state index contributed by atoms with van der Waals surface area (Å²) >= 11 is 0. The van der Waals surface area contributed by atoms with Gasteiger partial charge in [-0.2, -0.15) is 0 Å². The van der Waals surface area contributed by atoms with Crippen molar-refractivity contribution in [3.8, 4) is 11.5 Å². The van der Waals surface area contributed by atoms with E-state index >= 15 is 0 Å². The maximum atomic E-state index is 11.0. The summed E-state index contributed by atoms with van der Waals surface area (Å²) in [6.45, 7) is 0.791. The first kappa shape index (κ1) is 17.9. The molecule has 0 spiro atoms. The number of benzene rings is 2. The van der Waals surface area contributed by atoms with Gasteiger partial charge in [0.05, 0.1) is 12.8 Å². The lowest BCUT2D eigenvalue weighted by Crippen LogP contribution is -2.39. The van der Waals surface area contributed by atoms with Gasteiger partial charge in [-0.15, -0.1) is 0 Å². The molecule has 0 bridgehead atoms. The minimum Gasteiger partial charge on any atom is -0.497 e. The Kier molecular flexibility index (Phi) is 5.39. The largest absolute Gasteiger partial charge is 0.497 e. The van der Waals surface area contributed by atoms with Crippen LogP contribution in [0.2, 0.25) is 0 Å². The summed E-state index contributed by atoms with van der Waals surface area (Å²) in [4.78, 5) is 0. The highest BCUT2D eigenvalue weighted by molar-refractivity contribution is 8.26. The molecular formula is C18H24N2O4S. The molecule has 7 heteroatoms. The molecular weight excluding hydrogens is 340 g/mol. The summed E-state index contributed by atoms with van der Waals surface area (Å²) in [5.41, 5.74) is 0.658. The Balaban J connectivity index is 1.99. The van der Waals surface area contributed by atoms with Crippen molar-refractivity contribution >= 4 is 22.2 Å². The lowest BCUT2D eigenvalue weighted by atomic mass is 10.2. The van der Waals surface area contributed by atoms with Gasteiger partial charge in [0.25, 0.3) is 0 Å². The van der Waals surface area contributed by atoms with Crippen molar-refractivity contribution < 1.29 is 18.6 Å². The van der Waals surface area contributed by atoms with Gasteiger partial charge in [-0.1, -0.05) is 22.9 Å². The molecule has 0 radical (unpaired) electrons. The van der Waals surface area contributed by atoms with Crippen LogP contribution in [0.1, 0.15) is 12.8 Å². The minimum atomic E-state index is -3.19. The van der Waals surface area contributed by atoms with Gasteiger partial charge in [-0.3, -0.25) is 9.11 Å². The van der Waals surface area contributed by atoms with Gasteiger partial charge in [-0.05, 0) is 56.4 Å². The SMILES string of the molecule is CNCCCC1Oc2ccccc2N(c2ccc(OC)cc2)S1(O)O. The Hall–Kier alpha value is -1.93. The second-order valence-electron chi connectivity index (χ2n) is 5.81. The maximum absolute atomic E-state index is 11.0. The first-order chi connectivity index (χ1) is 12.1. The summed E-state index contributed by atoms with van der Waals surface area (Å²) in [5, 5.41) is 3.07. The van der Waals surface area contributed by atoms with Crippen LogP contribution >= 0.6 is 10.8 Å². The summed E-state index contributed by atoms with van der Waals surface area (Å²) in [6, 6.07) is 14.7. The fraction of sp³-hybridized carbons (Fsp3) is 0.333. The normalized spacial score (nSPS) is 19.7. The minimum absolute atomic E-state index is 0.546. The van der Waals surface area contributed by atoms with Gasteiger partial charge >= 0.3 is 0 Å². The topological polar surface area (TPSA) is 74.2 Å². The molecule has 1 heterocycles. The Morgan fingerprint density at radius 2 is 1.88 bits per heavy atom. The molecule has 0 amide bonds. The third kappa shape index (κ3) is 3.55. The number of methoxy groups -OCH3 is 1. The Bertz CT molecular complexity index is 708. The van der Waals surface area contributed by atoms with Gasteiger partial charge < -0.3 is 14.8 Å². The molecule has 2 aromatic rings. The molecule has 0 saturated heterocycles. The highest BCUT2D eigenvalue weighted by Crippen LogP contribution is 2.61. The van der Waals surface area contributed by atoms with E-state index in [-0.39, 0.29) is 0 Å². The molecule has 0 aromatic heterocycles. The summed E-state index contributed by atoms with van der Waals surface area (Å²) in [6.07, 6.45) is 1.33. The van der Waals surface area contributed by atoms with E-state index in [1.807, 2.05) is 43.4 Å². The van der Waals surface area contributed by atoms with Gasteiger partial charge in [0.1, 0.15) is 17.2 Å². The van der Waals surface area contributed by atoms with Gasteiger partial charge in [-0.25, -0.2) is 4.31 Å². The Labute approximate surface area is 149 Å². The number of ether oxygens (including phenoxy) is 2. The van der Waals surface area contributed by atoms with Crippen LogP contribution in [0.25, 0.3) is 0 Å². The average molecular weight is 364 g/mol. The van der Waals surface area contributed by atoms with Crippen molar-refractivity contribution in [2.24, 2.45) is 0 Å². The zero-order chi connectivity index (χ0) is 17.9. The third-order valence-corrected chi connectivity index (χ3v) is 6.12. The second-order valence-corrected chi connectivity index (χ2v) is 7.83. The molecule has 3 rings (SSSR count). The van der Waals surface area contributed by atoms with E-state index in [2.05, 4.69) is 5.32 Å². The lowest BCUT2D eigenvalue weighted by molar-refractivity contribution is 0.235. The molecule has 3 N–H and O–H groups in total. The van der Waals surface area contributed by atoms with Crippen molar-refractivity contribution in [3.63, 3.8) is 0 Å². The second kappa shape index (κ2) is 7.53. The zero-order valence-corrected chi connectivity index (χ0v) is 15.2. The number of para-hydroxylation sites is 2. The molecule has 6 nitrogen and oxygen atoms in total. The van der Waals surface area contributed by atoms with Gasteiger partial charge in [0, 0.05) is 6.42 Å². The first-order valence-electron chi connectivity index (χ1n) is 8.19. The van der Waals surface area contributed by atoms with Crippen molar-refractivity contribution in [1.82, 2.24) is 5.32 Å². The molecule has 0 aliphatic carbocycles. The predicted octanol–water partition coefficient (Wildman–Crippen LogP) is 4.22. The molecule has 1 unspecified atom stereocenters. The van der Waals surface area contributed by atoms with Crippen LogP contribution in [0.5, 0.6) is 11.5 Å². The molecule has 1 aliphatic rings. The molecule has 2 aromatic carbocycles. The standard InChI is InChI=1S/C18H24N2O4S/c1-19-13-5-8-18-24-17-7-4-3-6-16(17)20(25(18,21)22)14-9-11-15(23-2)12-10-14/h3-4,6-7,9-12,18-19,21-22H,5,8,13H2,1-2H3. The van der Waals surface area contributed by atoms with Crippen LogP contribution in [0, 0.1) is 0 Å². The van der Waals surface area contributed by atoms with Crippen LogP contribution in [0.4, 0.5) is 11.4 Å². The van der Waals surface area contributed by atoms with E-state index in [1.54, 1.807) is 23.5 Å². The summed E-state index contributed by atoms with van der Waals surface area (Å²) in [7, 11) is 0.287. The number of hydrogen-bond acceptors (Lipinski definition) is 6. The molecule has 0 saturated carbocycles. The fourth-order valence-corrected chi connectivity index (χ4v) is 4.69. The maximum Gasteiger partial charge on any atom is 0.206 e. The van der Waals surface area contributed by atoms with E-state index in [0.29, 0.717) is 29.3 Å². The van der Waals surface area contributed by atoms with E-state index in [4.69, 9.17) is 9.47 Å². The van der Waals surface area contributed by atoms with E-state index in [1.165, 1.54) is 0 Å². The molecule has 0 fully saturated rings. The van der Waals surface area contributed by atoms with E-state index in [9.17, 15) is 9.11 Å². The zero-order valence-electron chi connectivity index (χ0n) is 14.4. The first-order valence-corrected chi connectivity index (χ1v) is 9.76. The van der Waals surface area contributed by atoms with E-state index in [0.717, 1.165) is 13.0 Å². The van der Waals surface area contributed by atoms with Gasteiger partial charge in [0.15, 0.2) is 0 Å². The Morgan fingerprint density at radius 3 is 2.56 bits per heavy atom. The molecule has 1 aliphatic heterocycles. The van der Waals surface area contributed by atoms with Crippen molar-refractivity contribution in [3.05, 3.63) is 48.5 Å². The van der Waals surface area contributed by atoms with E-state index < -0.39 is 16.2 Å². The van der Waals surface area contributed by atoms with Crippen molar-refractivity contribution in [1.29, 1.82) is 0 Å². The number of fused-ring (bicyclic) bond motifs is 1.